The molecule has 2 aromatic heterocycles. The molecule has 0 N–H and O–H groups in total. The van der Waals surface area contributed by atoms with E-state index >= 15 is 0 Å². The van der Waals surface area contributed by atoms with Gasteiger partial charge in [-0.2, -0.15) is 0 Å². The maximum absolute atomic E-state index is 5.30. The molecule has 0 spiro atoms. The highest BCUT2D eigenvalue weighted by Crippen LogP contribution is 2.38. The van der Waals surface area contributed by atoms with Crippen molar-refractivity contribution in [2.24, 2.45) is 0 Å². The van der Waals surface area contributed by atoms with E-state index in [1.807, 2.05) is 6.07 Å². The first-order valence-corrected chi connectivity index (χ1v) is 18.4. The number of benzene rings is 8. The second-order valence-electron chi connectivity index (χ2n) is 13.8. The third kappa shape index (κ3) is 5.81. The van der Waals surface area contributed by atoms with E-state index < -0.39 is 0 Å². The Morgan fingerprint density at radius 2 is 0.630 bits per heavy atom. The van der Waals surface area contributed by atoms with Crippen LogP contribution >= 0.6 is 0 Å². The highest BCUT2D eigenvalue weighted by atomic mass is 14.8. The fourth-order valence-electron chi connectivity index (χ4n) is 7.69. The number of aromatic nitrogens is 2. The average Bonchev–Trinajstić information content (AvgIpc) is 3.26. The lowest BCUT2D eigenvalue weighted by Gasteiger charge is -2.14. The minimum Gasteiger partial charge on any atom is -0.245 e. The van der Waals surface area contributed by atoms with Crippen molar-refractivity contribution in [3.63, 3.8) is 0 Å². The normalized spacial score (nSPS) is 11.3. The zero-order valence-electron chi connectivity index (χ0n) is 29.5. The van der Waals surface area contributed by atoms with Gasteiger partial charge in [-0.1, -0.05) is 176 Å². The molecule has 0 atom stereocenters. The molecule has 0 amide bonds. The van der Waals surface area contributed by atoms with Gasteiger partial charge < -0.3 is 0 Å². The zero-order chi connectivity index (χ0) is 35.8. The molecule has 252 valence electrons. The van der Waals surface area contributed by atoms with Gasteiger partial charge in [-0.25, -0.2) is 9.97 Å². The van der Waals surface area contributed by atoms with Crippen molar-refractivity contribution in [2.45, 2.75) is 0 Å². The van der Waals surface area contributed by atoms with E-state index in [0.717, 1.165) is 44.3 Å². The highest BCUT2D eigenvalue weighted by molar-refractivity contribution is 6.07. The largest absolute Gasteiger partial charge is 0.245 e. The second-order valence-corrected chi connectivity index (χ2v) is 13.8. The molecule has 0 saturated heterocycles. The van der Waals surface area contributed by atoms with Gasteiger partial charge in [-0.15, -0.1) is 0 Å². The van der Waals surface area contributed by atoms with Gasteiger partial charge in [0, 0.05) is 21.9 Å². The summed E-state index contributed by atoms with van der Waals surface area (Å²) in [5.41, 5.74) is 15.5. The average molecular weight is 687 g/mol. The Labute approximate surface area is 314 Å². The van der Waals surface area contributed by atoms with Crippen molar-refractivity contribution >= 4 is 32.6 Å². The van der Waals surface area contributed by atoms with E-state index in [2.05, 4.69) is 200 Å². The number of fused-ring (bicyclic) bond motifs is 4. The lowest BCUT2D eigenvalue weighted by molar-refractivity contribution is 1.37. The van der Waals surface area contributed by atoms with E-state index in [4.69, 9.17) is 9.97 Å². The summed E-state index contributed by atoms with van der Waals surface area (Å²) < 4.78 is 0. The molecule has 0 unspecified atom stereocenters. The maximum Gasteiger partial charge on any atom is 0.0972 e. The first kappa shape index (κ1) is 31.6. The van der Waals surface area contributed by atoms with Gasteiger partial charge in [0.05, 0.1) is 22.4 Å². The van der Waals surface area contributed by atoms with Crippen LogP contribution in [0.25, 0.3) is 99.6 Å². The number of rotatable bonds is 6. The molecule has 8 aromatic carbocycles. The summed E-state index contributed by atoms with van der Waals surface area (Å²) in [6.07, 6.45) is 0. The van der Waals surface area contributed by atoms with E-state index in [-0.39, 0.29) is 0 Å². The number of nitrogens with zero attached hydrogens (tertiary/aromatic N) is 2. The Morgan fingerprint density at radius 3 is 1.19 bits per heavy atom. The second kappa shape index (κ2) is 13.4. The van der Waals surface area contributed by atoms with E-state index in [1.54, 1.807) is 0 Å². The lowest BCUT2D eigenvalue weighted by Crippen LogP contribution is -1.92. The summed E-state index contributed by atoms with van der Waals surface area (Å²) in [7, 11) is 0. The first-order chi connectivity index (χ1) is 26.7. The SMILES string of the molecule is c1ccc(-c2cc(-c3ccccc3)cc(-c3ccc(-c4ccc(-c5ccc6ccc7ccc(-c8ccccc8)nc7c6n5)c5ccccc45)cc3)c2)cc1. The van der Waals surface area contributed by atoms with Gasteiger partial charge in [0.15, 0.2) is 0 Å². The fraction of sp³-hybridized carbons (Fsp3) is 0. The molecule has 0 aliphatic carbocycles. The Kier molecular flexibility index (Phi) is 7.85. The maximum atomic E-state index is 5.30. The zero-order valence-corrected chi connectivity index (χ0v) is 29.5. The van der Waals surface area contributed by atoms with Crippen LogP contribution in [-0.2, 0) is 0 Å². The Balaban J connectivity index is 1.04. The van der Waals surface area contributed by atoms with Gasteiger partial charge in [-0.05, 0) is 85.6 Å². The molecule has 2 nitrogen and oxygen atoms in total. The quantitative estimate of drug-likeness (QED) is 0.163. The topological polar surface area (TPSA) is 25.8 Å². The highest BCUT2D eigenvalue weighted by Gasteiger charge is 2.14. The monoisotopic (exact) mass is 686 g/mol. The van der Waals surface area contributed by atoms with Crippen molar-refractivity contribution in [3.8, 4) is 67.0 Å². The summed E-state index contributed by atoms with van der Waals surface area (Å²) in [6.45, 7) is 0. The number of pyridine rings is 2. The molecule has 54 heavy (non-hydrogen) atoms. The molecule has 10 aromatic rings. The molecular formula is C52H34N2. The first-order valence-electron chi connectivity index (χ1n) is 18.4. The lowest BCUT2D eigenvalue weighted by atomic mass is 9.91. The molecular weight excluding hydrogens is 653 g/mol. The molecule has 0 bridgehead atoms. The van der Waals surface area contributed by atoms with Crippen LogP contribution < -0.4 is 0 Å². The van der Waals surface area contributed by atoms with Gasteiger partial charge >= 0.3 is 0 Å². The van der Waals surface area contributed by atoms with Crippen LogP contribution in [0, 0.1) is 0 Å². The van der Waals surface area contributed by atoms with Gasteiger partial charge in [-0.3, -0.25) is 0 Å². The molecule has 0 radical (unpaired) electrons. The smallest absolute Gasteiger partial charge is 0.0972 e. The summed E-state index contributed by atoms with van der Waals surface area (Å²) in [5.74, 6) is 0. The van der Waals surface area contributed by atoms with Crippen LogP contribution in [-0.4, -0.2) is 9.97 Å². The van der Waals surface area contributed by atoms with Crippen molar-refractivity contribution in [3.05, 3.63) is 206 Å². The van der Waals surface area contributed by atoms with Crippen LogP contribution in [0.3, 0.4) is 0 Å². The van der Waals surface area contributed by atoms with Gasteiger partial charge in [0.2, 0.25) is 0 Å². The van der Waals surface area contributed by atoms with Crippen LogP contribution in [0.5, 0.6) is 0 Å². The van der Waals surface area contributed by atoms with Gasteiger partial charge in [0.25, 0.3) is 0 Å². The standard InChI is InChI=1S/C52H34N2/c1-4-12-35(13-5-1)42-32-43(36-14-6-2-7-15-36)34-44(33-42)37-20-22-38(23-21-37)45-28-29-48(47-19-11-10-18-46(45)47)50-31-27-41-25-24-40-26-30-49(39-16-8-3-9-17-39)53-51(40)52(41)54-50/h1-34H. The van der Waals surface area contributed by atoms with Gasteiger partial charge in [0.1, 0.15) is 0 Å². The summed E-state index contributed by atoms with van der Waals surface area (Å²) in [4.78, 5) is 10.4. The molecule has 2 heteroatoms. The van der Waals surface area contributed by atoms with E-state index in [0.29, 0.717) is 0 Å². The molecule has 0 saturated carbocycles. The summed E-state index contributed by atoms with van der Waals surface area (Å²) in [6, 6.07) is 73.5. The van der Waals surface area contributed by atoms with Crippen molar-refractivity contribution < 1.29 is 0 Å². The molecule has 0 aliphatic heterocycles. The Bertz CT molecular complexity index is 2890. The Morgan fingerprint density at radius 1 is 0.241 bits per heavy atom. The van der Waals surface area contributed by atoms with E-state index in [1.165, 1.54) is 55.3 Å². The molecule has 0 fully saturated rings. The third-order valence-electron chi connectivity index (χ3n) is 10.5. The van der Waals surface area contributed by atoms with Crippen LogP contribution in [0.1, 0.15) is 0 Å². The predicted molar refractivity (Wildman–Crippen MR) is 227 cm³/mol. The predicted octanol–water partition coefficient (Wildman–Crippen LogP) is 13.9. The van der Waals surface area contributed by atoms with Crippen molar-refractivity contribution in [1.29, 1.82) is 0 Å². The minimum absolute atomic E-state index is 0.915. The summed E-state index contributed by atoms with van der Waals surface area (Å²) in [5, 5.41) is 4.53. The Hall–Kier alpha value is -7.16. The van der Waals surface area contributed by atoms with E-state index in [9.17, 15) is 0 Å². The molecule has 2 heterocycles. The van der Waals surface area contributed by atoms with Crippen molar-refractivity contribution in [1.82, 2.24) is 9.97 Å². The fourth-order valence-corrected chi connectivity index (χ4v) is 7.69. The van der Waals surface area contributed by atoms with Crippen LogP contribution in [0.4, 0.5) is 0 Å². The van der Waals surface area contributed by atoms with Crippen LogP contribution in [0.15, 0.2) is 206 Å². The summed E-state index contributed by atoms with van der Waals surface area (Å²) >= 11 is 0. The minimum atomic E-state index is 0.915. The molecule has 10 rings (SSSR count). The number of hydrogen-bond acceptors (Lipinski definition) is 2. The van der Waals surface area contributed by atoms with Crippen molar-refractivity contribution in [2.75, 3.05) is 0 Å². The number of hydrogen-bond donors (Lipinski definition) is 0. The van der Waals surface area contributed by atoms with Crippen LogP contribution in [0.2, 0.25) is 0 Å². The molecule has 0 aliphatic rings. The third-order valence-corrected chi connectivity index (χ3v) is 10.5.